The third kappa shape index (κ3) is 1.06. The van der Waals surface area contributed by atoms with Crippen molar-refractivity contribution < 1.29 is 4.79 Å². The zero-order valence-corrected chi connectivity index (χ0v) is 5.92. The van der Waals surface area contributed by atoms with Gasteiger partial charge in [0.05, 0.1) is 0 Å². The highest BCUT2D eigenvalue weighted by atomic mass is 16.1. The predicted octanol–water partition coefficient (Wildman–Crippen LogP) is 0.937. The molecule has 0 aromatic rings. The summed E-state index contributed by atoms with van der Waals surface area (Å²) in [5, 5.41) is 0. The summed E-state index contributed by atoms with van der Waals surface area (Å²) in [7, 11) is 0. The summed E-state index contributed by atoms with van der Waals surface area (Å²) in [4.78, 5) is 13.0. The summed E-state index contributed by atoms with van der Waals surface area (Å²) in [6, 6.07) is 0.768. The molecule has 0 spiro atoms. The van der Waals surface area contributed by atoms with Crippen LogP contribution in [0.1, 0.15) is 19.3 Å². The first-order valence-corrected chi connectivity index (χ1v) is 3.83. The Hall–Kier alpha value is -0.790. The number of hydrogen-bond acceptors (Lipinski definition) is 2. The van der Waals surface area contributed by atoms with Crippen molar-refractivity contribution in [3.8, 4) is 0 Å². The maximum atomic E-state index is 10.7. The second kappa shape index (κ2) is 2.11. The van der Waals surface area contributed by atoms with Gasteiger partial charge in [-0.15, -0.1) is 0 Å². The van der Waals surface area contributed by atoms with Crippen LogP contribution in [-0.4, -0.2) is 23.3 Å². The molecule has 1 saturated carbocycles. The third-order valence-electron chi connectivity index (χ3n) is 2.08. The van der Waals surface area contributed by atoms with E-state index in [-0.39, 0.29) is 5.78 Å². The molecule has 2 nitrogen and oxygen atoms in total. The lowest BCUT2D eigenvalue weighted by Gasteiger charge is -2.21. The number of hydrogen-bond donors (Lipinski definition) is 0. The van der Waals surface area contributed by atoms with Crippen LogP contribution in [0.3, 0.4) is 0 Å². The Morgan fingerprint density at radius 3 is 2.80 bits per heavy atom. The van der Waals surface area contributed by atoms with E-state index in [0.717, 1.165) is 12.6 Å². The number of carbonyl (C=O) groups is 1. The summed E-state index contributed by atoms with van der Waals surface area (Å²) < 4.78 is 0. The van der Waals surface area contributed by atoms with E-state index in [1.54, 1.807) is 6.08 Å². The average Bonchev–Trinajstić information content (AvgIpc) is 2.71. The highest BCUT2D eigenvalue weighted by molar-refractivity contribution is 5.90. The molecule has 0 radical (unpaired) electrons. The fraction of sp³-hybridized carbons (Fsp3) is 0.625. The van der Waals surface area contributed by atoms with Gasteiger partial charge in [-0.3, -0.25) is 4.79 Å². The molecule has 0 saturated heterocycles. The Morgan fingerprint density at radius 2 is 2.30 bits per heavy atom. The minimum absolute atomic E-state index is 0.275. The van der Waals surface area contributed by atoms with Crippen LogP contribution < -0.4 is 0 Å². The van der Waals surface area contributed by atoms with Gasteiger partial charge in [0, 0.05) is 25.2 Å². The van der Waals surface area contributed by atoms with E-state index in [0.29, 0.717) is 6.42 Å². The SMILES string of the molecule is O=C1C=CN(C2CC2)CC1. The monoisotopic (exact) mass is 137 g/mol. The van der Waals surface area contributed by atoms with Crippen molar-refractivity contribution in [2.75, 3.05) is 6.54 Å². The van der Waals surface area contributed by atoms with Gasteiger partial charge in [-0.2, -0.15) is 0 Å². The van der Waals surface area contributed by atoms with Gasteiger partial charge in [-0.25, -0.2) is 0 Å². The van der Waals surface area contributed by atoms with Crippen LogP contribution in [-0.2, 0) is 4.79 Å². The van der Waals surface area contributed by atoms with Crippen molar-refractivity contribution in [3.63, 3.8) is 0 Å². The maximum absolute atomic E-state index is 10.7. The molecule has 1 aliphatic carbocycles. The van der Waals surface area contributed by atoms with Gasteiger partial charge in [0.25, 0.3) is 0 Å². The normalized spacial score (nSPS) is 25.6. The van der Waals surface area contributed by atoms with Crippen LogP contribution in [0.5, 0.6) is 0 Å². The topological polar surface area (TPSA) is 20.3 Å². The smallest absolute Gasteiger partial charge is 0.158 e. The fourth-order valence-electron chi connectivity index (χ4n) is 1.29. The van der Waals surface area contributed by atoms with Crippen LogP contribution in [0.2, 0.25) is 0 Å². The molecule has 2 rings (SSSR count). The number of allylic oxidation sites excluding steroid dienone is 1. The number of rotatable bonds is 1. The molecule has 0 unspecified atom stereocenters. The minimum Gasteiger partial charge on any atom is -0.374 e. The van der Waals surface area contributed by atoms with Crippen LogP contribution in [0, 0.1) is 0 Å². The van der Waals surface area contributed by atoms with Gasteiger partial charge < -0.3 is 4.90 Å². The van der Waals surface area contributed by atoms with E-state index >= 15 is 0 Å². The Morgan fingerprint density at radius 1 is 1.50 bits per heavy atom. The first-order chi connectivity index (χ1) is 4.86. The molecule has 0 bridgehead atoms. The van der Waals surface area contributed by atoms with E-state index in [1.807, 2.05) is 6.20 Å². The molecule has 0 amide bonds. The largest absolute Gasteiger partial charge is 0.374 e. The van der Waals surface area contributed by atoms with Gasteiger partial charge in [-0.05, 0) is 18.9 Å². The lowest BCUT2D eigenvalue weighted by Crippen LogP contribution is -2.26. The van der Waals surface area contributed by atoms with E-state index in [2.05, 4.69) is 4.90 Å². The van der Waals surface area contributed by atoms with Crippen LogP contribution >= 0.6 is 0 Å². The standard InChI is InChI=1S/C8H11NO/c10-8-3-5-9(6-4-8)7-1-2-7/h3,5,7H,1-2,4,6H2. The highest BCUT2D eigenvalue weighted by Crippen LogP contribution is 2.28. The predicted molar refractivity (Wildman–Crippen MR) is 38.5 cm³/mol. The highest BCUT2D eigenvalue weighted by Gasteiger charge is 2.28. The molecule has 1 aliphatic heterocycles. The second-order valence-electron chi connectivity index (χ2n) is 3.00. The average molecular weight is 137 g/mol. The number of ketones is 1. The summed E-state index contributed by atoms with van der Waals surface area (Å²) in [5.74, 6) is 0.275. The third-order valence-corrected chi connectivity index (χ3v) is 2.08. The van der Waals surface area contributed by atoms with Gasteiger partial charge in [0.1, 0.15) is 0 Å². The van der Waals surface area contributed by atoms with Crippen LogP contribution in [0.15, 0.2) is 12.3 Å². The Kier molecular flexibility index (Phi) is 1.26. The molecule has 1 heterocycles. The Balaban J connectivity index is 1.99. The molecule has 2 aliphatic rings. The molecule has 10 heavy (non-hydrogen) atoms. The Labute approximate surface area is 60.5 Å². The molecule has 0 aromatic carbocycles. The summed E-state index contributed by atoms with van der Waals surface area (Å²) in [6.07, 6.45) is 7.00. The quantitative estimate of drug-likeness (QED) is 0.536. The molecule has 54 valence electrons. The zero-order valence-electron chi connectivity index (χ0n) is 5.92. The molecule has 0 atom stereocenters. The lowest BCUT2D eigenvalue weighted by molar-refractivity contribution is -0.115. The zero-order chi connectivity index (χ0) is 6.97. The van der Waals surface area contributed by atoms with Gasteiger partial charge in [-0.1, -0.05) is 0 Å². The number of nitrogens with zero attached hydrogens (tertiary/aromatic N) is 1. The molecular weight excluding hydrogens is 126 g/mol. The first kappa shape index (κ1) is 5.96. The number of carbonyl (C=O) groups excluding carboxylic acids is 1. The van der Waals surface area contributed by atoms with Crippen molar-refractivity contribution >= 4 is 5.78 Å². The molecule has 0 aromatic heterocycles. The summed E-state index contributed by atoms with van der Waals surface area (Å²) in [5.41, 5.74) is 0. The van der Waals surface area contributed by atoms with Crippen LogP contribution in [0.4, 0.5) is 0 Å². The second-order valence-corrected chi connectivity index (χ2v) is 3.00. The van der Waals surface area contributed by atoms with Gasteiger partial charge in [0.15, 0.2) is 5.78 Å². The molecule has 1 fully saturated rings. The van der Waals surface area contributed by atoms with Crippen molar-refractivity contribution in [2.45, 2.75) is 25.3 Å². The van der Waals surface area contributed by atoms with Gasteiger partial charge in [0.2, 0.25) is 0 Å². The van der Waals surface area contributed by atoms with Crippen molar-refractivity contribution in [2.24, 2.45) is 0 Å². The first-order valence-electron chi connectivity index (χ1n) is 3.83. The molecular formula is C8H11NO. The minimum atomic E-state index is 0.275. The van der Waals surface area contributed by atoms with E-state index in [9.17, 15) is 4.79 Å². The molecule has 0 N–H and O–H groups in total. The van der Waals surface area contributed by atoms with Gasteiger partial charge >= 0.3 is 0 Å². The van der Waals surface area contributed by atoms with E-state index in [1.165, 1.54) is 12.8 Å². The van der Waals surface area contributed by atoms with Crippen molar-refractivity contribution in [1.29, 1.82) is 0 Å². The van der Waals surface area contributed by atoms with Crippen molar-refractivity contribution in [1.82, 2.24) is 4.90 Å². The molecule has 2 heteroatoms. The fourth-order valence-corrected chi connectivity index (χ4v) is 1.29. The Bertz CT molecular complexity index is 182. The van der Waals surface area contributed by atoms with Crippen molar-refractivity contribution in [3.05, 3.63) is 12.3 Å². The van der Waals surface area contributed by atoms with E-state index < -0.39 is 0 Å². The summed E-state index contributed by atoms with van der Waals surface area (Å²) in [6.45, 7) is 0.944. The maximum Gasteiger partial charge on any atom is 0.158 e. The summed E-state index contributed by atoms with van der Waals surface area (Å²) >= 11 is 0. The van der Waals surface area contributed by atoms with Crippen LogP contribution in [0.25, 0.3) is 0 Å². The lowest BCUT2D eigenvalue weighted by atomic mass is 10.2. The van der Waals surface area contributed by atoms with E-state index in [4.69, 9.17) is 0 Å².